The predicted octanol–water partition coefficient (Wildman–Crippen LogP) is 7.33. The SMILES string of the molecule is Cc1c(C)c(C)c(C2CCC(C3CCC(C)CC3)CC2)c(C)c1C. The van der Waals surface area contributed by atoms with Crippen LogP contribution in [0.25, 0.3) is 0 Å². The highest BCUT2D eigenvalue weighted by Gasteiger charge is 2.31. The first kappa shape index (κ1) is 18.0. The first-order valence-corrected chi connectivity index (χ1v) is 10.5. The molecule has 1 aromatic carbocycles. The van der Waals surface area contributed by atoms with Gasteiger partial charge in [0.15, 0.2) is 0 Å². The summed E-state index contributed by atoms with van der Waals surface area (Å²) in [5.41, 5.74) is 9.48. The standard InChI is InChI=1S/C24H38/c1-15-7-9-21(10-8-15)22-11-13-23(14-12-22)24-19(5)17(3)16(2)18(4)20(24)6/h15,21-23H,7-14H2,1-6H3. The molecule has 2 aliphatic carbocycles. The van der Waals surface area contributed by atoms with Gasteiger partial charge in [0.1, 0.15) is 0 Å². The molecule has 0 bridgehead atoms. The maximum Gasteiger partial charge on any atom is -0.0156 e. The van der Waals surface area contributed by atoms with E-state index in [-0.39, 0.29) is 0 Å². The van der Waals surface area contributed by atoms with Crippen LogP contribution in [0.4, 0.5) is 0 Å². The van der Waals surface area contributed by atoms with Gasteiger partial charge in [0.05, 0.1) is 0 Å². The highest BCUT2D eigenvalue weighted by atomic mass is 14.4. The Hall–Kier alpha value is -0.780. The molecule has 0 saturated heterocycles. The Bertz CT molecular complexity index is 550. The molecule has 3 rings (SSSR count). The Morgan fingerprint density at radius 2 is 0.875 bits per heavy atom. The minimum Gasteiger partial charge on any atom is -0.0625 e. The highest BCUT2D eigenvalue weighted by Crippen LogP contribution is 2.45. The lowest BCUT2D eigenvalue weighted by Crippen LogP contribution is -2.25. The number of rotatable bonds is 2. The summed E-state index contributed by atoms with van der Waals surface area (Å²) >= 11 is 0. The van der Waals surface area contributed by atoms with Crippen molar-refractivity contribution in [1.82, 2.24) is 0 Å². The van der Waals surface area contributed by atoms with E-state index in [4.69, 9.17) is 0 Å². The first-order valence-electron chi connectivity index (χ1n) is 10.5. The summed E-state index contributed by atoms with van der Waals surface area (Å²) in [7, 11) is 0. The van der Waals surface area contributed by atoms with Gasteiger partial charge in [-0.1, -0.05) is 19.8 Å². The van der Waals surface area contributed by atoms with Gasteiger partial charge in [-0.25, -0.2) is 0 Å². The summed E-state index contributed by atoms with van der Waals surface area (Å²) in [6, 6.07) is 0. The molecular formula is C24H38. The minimum atomic E-state index is 0.821. The molecular weight excluding hydrogens is 288 g/mol. The van der Waals surface area contributed by atoms with Crippen LogP contribution in [-0.2, 0) is 0 Å². The molecule has 0 unspecified atom stereocenters. The zero-order chi connectivity index (χ0) is 17.4. The molecule has 24 heavy (non-hydrogen) atoms. The smallest absolute Gasteiger partial charge is 0.0156 e. The van der Waals surface area contributed by atoms with Gasteiger partial charge in [0.25, 0.3) is 0 Å². The first-order chi connectivity index (χ1) is 11.4. The third-order valence-electron chi connectivity index (χ3n) is 7.97. The highest BCUT2D eigenvalue weighted by molar-refractivity contribution is 5.51. The van der Waals surface area contributed by atoms with Crippen LogP contribution in [0.3, 0.4) is 0 Å². The second-order valence-corrected chi connectivity index (χ2v) is 9.17. The topological polar surface area (TPSA) is 0 Å². The molecule has 0 spiro atoms. The fraction of sp³-hybridized carbons (Fsp3) is 0.750. The fourth-order valence-corrected chi connectivity index (χ4v) is 5.78. The van der Waals surface area contributed by atoms with Gasteiger partial charge >= 0.3 is 0 Å². The number of hydrogen-bond acceptors (Lipinski definition) is 0. The van der Waals surface area contributed by atoms with Crippen LogP contribution >= 0.6 is 0 Å². The van der Waals surface area contributed by atoms with Gasteiger partial charge in [-0.15, -0.1) is 0 Å². The second kappa shape index (κ2) is 7.22. The minimum absolute atomic E-state index is 0.821. The Kier molecular flexibility index (Phi) is 5.42. The van der Waals surface area contributed by atoms with E-state index in [1.54, 1.807) is 16.7 Å². The maximum absolute atomic E-state index is 2.45. The fourth-order valence-electron chi connectivity index (χ4n) is 5.78. The van der Waals surface area contributed by atoms with Gasteiger partial charge in [-0.05, 0) is 130 Å². The monoisotopic (exact) mass is 326 g/mol. The molecule has 0 heteroatoms. The van der Waals surface area contributed by atoms with Crippen LogP contribution < -0.4 is 0 Å². The van der Waals surface area contributed by atoms with Crippen molar-refractivity contribution in [3.63, 3.8) is 0 Å². The molecule has 0 atom stereocenters. The third kappa shape index (κ3) is 3.31. The van der Waals surface area contributed by atoms with Crippen molar-refractivity contribution in [2.45, 2.75) is 98.8 Å². The normalized spacial score (nSPS) is 31.2. The van der Waals surface area contributed by atoms with Crippen molar-refractivity contribution in [3.8, 4) is 0 Å². The summed E-state index contributed by atoms with van der Waals surface area (Å²) in [6.45, 7) is 14.2. The van der Waals surface area contributed by atoms with Crippen molar-refractivity contribution in [2.24, 2.45) is 17.8 Å². The van der Waals surface area contributed by atoms with E-state index in [1.165, 1.54) is 68.1 Å². The van der Waals surface area contributed by atoms with Crippen LogP contribution in [0.5, 0.6) is 0 Å². The molecule has 0 amide bonds. The Labute approximate surface area is 150 Å². The lowest BCUT2D eigenvalue weighted by molar-refractivity contribution is 0.165. The second-order valence-electron chi connectivity index (χ2n) is 9.17. The molecule has 0 N–H and O–H groups in total. The molecule has 2 aliphatic rings. The van der Waals surface area contributed by atoms with Gasteiger partial charge in [0, 0.05) is 0 Å². The van der Waals surface area contributed by atoms with E-state index in [0.29, 0.717) is 0 Å². The summed E-state index contributed by atoms with van der Waals surface area (Å²) in [4.78, 5) is 0. The average molecular weight is 327 g/mol. The quantitative estimate of drug-likeness (QED) is 0.533. The van der Waals surface area contributed by atoms with E-state index in [1.807, 2.05) is 0 Å². The molecule has 0 radical (unpaired) electrons. The zero-order valence-corrected chi connectivity index (χ0v) is 17.0. The van der Waals surface area contributed by atoms with Gasteiger partial charge in [0.2, 0.25) is 0 Å². The van der Waals surface area contributed by atoms with E-state index in [9.17, 15) is 0 Å². The van der Waals surface area contributed by atoms with E-state index >= 15 is 0 Å². The van der Waals surface area contributed by atoms with E-state index in [2.05, 4.69) is 41.5 Å². The van der Waals surface area contributed by atoms with Crippen molar-refractivity contribution in [1.29, 1.82) is 0 Å². The van der Waals surface area contributed by atoms with Crippen LogP contribution in [0.2, 0.25) is 0 Å². The summed E-state index contributed by atoms with van der Waals surface area (Å²) < 4.78 is 0. The van der Waals surface area contributed by atoms with Crippen molar-refractivity contribution in [2.75, 3.05) is 0 Å². The summed E-state index contributed by atoms with van der Waals surface area (Å²) in [6.07, 6.45) is 11.8. The van der Waals surface area contributed by atoms with Crippen molar-refractivity contribution < 1.29 is 0 Å². The van der Waals surface area contributed by atoms with Crippen molar-refractivity contribution >= 4 is 0 Å². The van der Waals surface area contributed by atoms with Crippen LogP contribution in [0.1, 0.15) is 97.6 Å². The van der Waals surface area contributed by atoms with Gasteiger partial charge < -0.3 is 0 Å². The largest absolute Gasteiger partial charge is 0.0625 e. The predicted molar refractivity (Wildman–Crippen MR) is 106 cm³/mol. The van der Waals surface area contributed by atoms with Crippen LogP contribution in [-0.4, -0.2) is 0 Å². The molecule has 0 aliphatic heterocycles. The molecule has 0 heterocycles. The molecule has 1 aromatic rings. The lowest BCUT2D eigenvalue weighted by Gasteiger charge is -2.38. The third-order valence-corrected chi connectivity index (χ3v) is 7.97. The molecule has 0 nitrogen and oxygen atoms in total. The van der Waals surface area contributed by atoms with Gasteiger partial charge in [-0.3, -0.25) is 0 Å². The summed E-state index contributed by atoms with van der Waals surface area (Å²) in [5, 5.41) is 0. The molecule has 2 fully saturated rings. The van der Waals surface area contributed by atoms with E-state index in [0.717, 1.165) is 23.7 Å². The number of benzene rings is 1. The van der Waals surface area contributed by atoms with Crippen LogP contribution in [0.15, 0.2) is 0 Å². The molecule has 2 saturated carbocycles. The Morgan fingerprint density at radius 1 is 0.500 bits per heavy atom. The molecule has 134 valence electrons. The zero-order valence-electron chi connectivity index (χ0n) is 17.0. The number of hydrogen-bond donors (Lipinski definition) is 0. The van der Waals surface area contributed by atoms with Gasteiger partial charge in [-0.2, -0.15) is 0 Å². The van der Waals surface area contributed by atoms with Crippen LogP contribution in [0, 0.1) is 52.4 Å². The maximum atomic E-state index is 2.45. The average Bonchev–Trinajstić information content (AvgIpc) is 2.60. The molecule has 0 aromatic heterocycles. The lowest BCUT2D eigenvalue weighted by atomic mass is 9.67. The Morgan fingerprint density at radius 3 is 1.33 bits per heavy atom. The Balaban J connectivity index is 1.71. The summed E-state index contributed by atoms with van der Waals surface area (Å²) in [5.74, 6) is 3.89. The van der Waals surface area contributed by atoms with Crippen molar-refractivity contribution in [3.05, 3.63) is 33.4 Å². The van der Waals surface area contributed by atoms with E-state index < -0.39 is 0 Å².